The van der Waals surface area contributed by atoms with Gasteiger partial charge in [0.1, 0.15) is 0 Å². The molecular weight excluding hydrogens is 374 g/mol. The molecule has 1 heterocycles. The maximum atomic E-state index is 12.7. The summed E-state index contributed by atoms with van der Waals surface area (Å²) < 4.78 is 0. The van der Waals surface area contributed by atoms with Gasteiger partial charge in [0.25, 0.3) is 0 Å². The first-order chi connectivity index (χ1) is 13.4. The van der Waals surface area contributed by atoms with Gasteiger partial charge < -0.3 is 15.1 Å². The van der Waals surface area contributed by atoms with Crippen LogP contribution in [-0.2, 0) is 11.4 Å². The fraction of sp³-hybridized carbons (Fsp3) is 0.364. The SMILES string of the molecule is Cc1ccccc1C1=NO[C@@H](CN(Cc2cccc(Cl)c2)C(=O)NC(C)C)C1. The first kappa shape index (κ1) is 20.2. The number of aryl methyl sites for hydroxylation is 1. The molecule has 0 bridgehead atoms. The third kappa shape index (κ3) is 5.26. The van der Waals surface area contributed by atoms with Gasteiger partial charge in [0.15, 0.2) is 6.10 Å². The summed E-state index contributed by atoms with van der Waals surface area (Å²) in [5.74, 6) is 0. The summed E-state index contributed by atoms with van der Waals surface area (Å²) in [4.78, 5) is 20.1. The molecule has 1 aliphatic heterocycles. The Bertz CT molecular complexity index is 866. The Balaban J connectivity index is 1.69. The Hall–Kier alpha value is -2.53. The highest BCUT2D eigenvalue weighted by molar-refractivity contribution is 6.30. The first-order valence-corrected chi connectivity index (χ1v) is 9.88. The summed E-state index contributed by atoms with van der Waals surface area (Å²) in [7, 11) is 0. The van der Waals surface area contributed by atoms with Gasteiger partial charge in [-0.1, -0.05) is 53.2 Å². The lowest BCUT2D eigenvalue weighted by Crippen LogP contribution is -2.45. The molecule has 5 nitrogen and oxygen atoms in total. The van der Waals surface area contributed by atoms with Crippen LogP contribution in [0, 0.1) is 6.92 Å². The highest BCUT2D eigenvalue weighted by Crippen LogP contribution is 2.21. The average molecular weight is 400 g/mol. The highest BCUT2D eigenvalue weighted by atomic mass is 35.5. The first-order valence-electron chi connectivity index (χ1n) is 9.51. The standard InChI is InChI=1S/C22H26ClN3O2/c1-15(2)24-22(27)26(13-17-8-6-9-18(23)11-17)14-19-12-21(25-28-19)20-10-5-4-7-16(20)3/h4-11,15,19H,12-14H2,1-3H3,(H,24,27)/t19-/m1/s1. The second kappa shape index (κ2) is 9.11. The van der Waals surface area contributed by atoms with Crippen molar-refractivity contribution in [2.75, 3.05) is 6.54 Å². The molecule has 2 aromatic rings. The van der Waals surface area contributed by atoms with Gasteiger partial charge in [0, 0.05) is 29.6 Å². The van der Waals surface area contributed by atoms with Gasteiger partial charge in [0.2, 0.25) is 0 Å². The number of carbonyl (C=O) groups is 1. The van der Waals surface area contributed by atoms with Gasteiger partial charge in [-0.05, 0) is 44.0 Å². The quantitative estimate of drug-likeness (QED) is 0.761. The van der Waals surface area contributed by atoms with E-state index in [1.54, 1.807) is 4.90 Å². The minimum atomic E-state index is -0.174. The van der Waals surface area contributed by atoms with E-state index < -0.39 is 0 Å². The number of nitrogens with zero attached hydrogens (tertiary/aromatic N) is 2. The number of oxime groups is 1. The van der Waals surface area contributed by atoms with E-state index in [9.17, 15) is 4.79 Å². The maximum Gasteiger partial charge on any atom is 0.318 e. The Labute approximate surface area is 171 Å². The molecule has 6 heteroatoms. The van der Waals surface area contributed by atoms with Crippen molar-refractivity contribution < 1.29 is 9.63 Å². The number of benzene rings is 2. The number of halogens is 1. The van der Waals surface area contributed by atoms with Crippen LogP contribution in [0.2, 0.25) is 5.02 Å². The molecule has 1 N–H and O–H groups in total. The van der Waals surface area contributed by atoms with E-state index in [1.165, 1.54) is 5.56 Å². The number of rotatable bonds is 6. The lowest BCUT2D eigenvalue weighted by molar-refractivity contribution is 0.0586. The predicted octanol–water partition coefficient (Wildman–Crippen LogP) is 4.76. The van der Waals surface area contributed by atoms with Crippen LogP contribution in [0.3, 0.4) is 0 Å². The van der Waals surface area contributed by atoms with Crippen molar-refractivity contribution in [1.82, 2.24) is 10.2 Å². The Morgan fingerprint density at radius 1 is 1.29 bits per heavy atom. The van der Waals surface area contributed by atoms with Crippen molar-refractivity contribution in [3.8, 4) is 0 Å². The molecule has 0 saturated heterocycles. The Kier molecular flexibility index (Phi) is 6.57. The van der Waals surface area contributed by atoms with Crippen molar-refractivity contribution in [2.24, 2.45) is 5.16 Å². The minimum absolute atomic E-state index is 0.0534. The molecule has 0 saturated carbocycles. The van der Waals surface area contributed by atoms with Crippen LogP contribution in [0.5, 0.6) is 0 Å². The highest BCUT2D eigenvalue weighted by Gasteiger charge is 2.27. The lowest BCUT2D eigenvalue weighted by Gasteiger charge is -2.26. The number of hydrogen-bond acceptors (Lipinski definition) is 3. The van der Waals surface area contributed by atoms with Crippen molar-refractivity contribution >= 4 is 23.3 Å². The van der Waals surface area contributed by atoms with E-state index in [2.05, 4.69) is 29.5 Å². The van der Waals surface area contributed by atoms with E-state index in [4.69, 9.17) is 16.4 Å². The summed E-state index contributed by atoms with van der Waals surface area (Å²) in [5.41, 5.74) is 4.16. The summed E-state index contributed by atoms with van der Waals surface area (Å²) in [5, 5.41) is 7.90. The average Bonchev–Trinajstić information content (AvgIpc) is 3.09. The van der Waals surface area contributed by atoms with Gasteiger partial charge in [-0.3, -0.25) is 0 Å². The largest absolute Gasteiger partial charge is 0.390 e. The molecule has 0 unspecified atom stereocenters. The third-order valence-corrected chi connectivity index (χ3v) is 4.81. The molecule has 148 valence electrons. The number of urea groups is 1. The molecule has 1 atom stereocenters. The molecule has 3 rings (SSSR count). The van der Waals surface area contributed by atoms with E-state index in [0.717, 1.165) is 16.8 Å². The summed E-state index contributed by atoms with van der Waals surface area (Å²) in [6.45, 7) is 6.86. The molecule has 28 heavy (non-hydrogen) atoms. The normalized spacial score (nSPS) is 15.9. The van der Waals surface area contributed by atoms with Crippen LogP contribution in [0.15, 0.2) is 53.7 Å². The third-order valence-electron chi connectivity index (χ3n) is 4.57. The van der Waals surface area contributed by atoms with E-state index in [-0.39, 0.29) is 18.2 Å². The van der Waals surface area contributed by atoms with Gasteiger partial charge in [-0.2, -0.15) is 0 Å². The van der Waals surface area contributed by atoms with Crippen molar-refractivity contribution in [3.05, 3.63) is 70.2 Å². The van der Waals surface area contributed by atoms with Crippen LogP contribution in [0.4, 0.5) is 4.79 Å². The lowest BCUT2D eigenvalue weighted by atomic mass is 10.0. The zero-order valence-corrected chi connectivity index (χ0v) is 17.2. The van der Waals surface area contributed by atoms with Crippen LogP contribution < -0.4 is 5.32 Å². The number of carbonyl (C=O) groups excluding carboxylic acids is 1. The van der Waals surface area contributed by atoms with Crippen LogP contribution in [-0.4, -0.2) is 35.3 Å². The second-order valence-electron chi connectivity index (χ2n) is 7.40. The molecule has 0 aliphatic carbocycles. The molecule has 1 aliphatic rings. The number of amides is 2. The maximum absolute atomic E-state index is 12.7. The summed E-state index contributed by atoms with van der Waals surface area (Å²) in [6.07, 6.45) is 0.498. The van der Waals surface area contributed by atoms with Crippen molar-refractivity contribution in [1.29, 1.82) is 0 Å². The second-order valence-corrected chi connectivity index (χ2v) is 7.84. The topological polar surface area (TPSA) is 53.9 Å². The van der Waals surface area contributed by atoms with Crippen molar-refractivity contribution in [3.63, 3.8) is 0 Å². The van der Waals surface area contributed by atoms with Crippen LogP contribution in [0.25, 0.3) is 0 Å². The Morgan fingerprint density at radius 2 is 2.07 bits per heavy atom. The Morgan fingerprint density at radius 3 is 2.79 bits per heavy atom. The van der Waals surface area contributed by atoms with E-state index >= 15 is 0 Å². The molecule has 0 radical (unpaired) electrons. The minimum Gasteiger partial charge on any atom is -0.390 e. The molecule has 2 amide bonds. The van der Waals surface area contributed by atoms with Gasteiger partial charge in [-0.25, -0.2) is 4.79 Å². The van der Waals surface area contributed by atoms with Crippen LogP contribution in [0.1, 0.15) is 37.0 Å². The number of nitrogens with one attached hydrogen (secondary N) is 1. The van der Waals surface area contributed by atoms with E-state index in [0.29, 0.717) is 24.5 Å². The van der Waals surface area contributed by atoms with Gasteiger partial charge in [0.05, 0.1) is 12.3 Å². The monoisotopic (exact) mass is 399 g/mol. The molecule has 0 spiro atoms. The van der Waals surface area contributed by atoms with Gasteiger partial charge >= 0.3 is 6.03 Å². The predicted molar refractivity (Wildman–Crippen MR) is 113 cm³/mol. The zero-order chi connectivity index (χ0) is 20.1. The molecule has 2 aromatic carbocycles. The summed E-state index contributed by atoms with van der Waals surface area (Å²) in [6, 6.07) is 15.6. The smallest absolute Gasteiger partial charge is 0.318 e. The zero-order valence-electron chi connectivity index (χ0n) is 16.5. The molecule has 0 aromatic heterocycles. The van der Waals surface area contributed by atoms with Crippen LogP contribution >= 0.6 is 11.6 Å². The van der Waals surface area contributed by atoms with E-state index in [1.807, 2.05) is 50.2 Å². The van der Waals surface area contributed by atoms with Crippen molar-refractivity contribution in [2.45, 2.75) is 45.9 Å². The van der Waals surface area contributed by atoms with Gasteiger partial charge in [-0.15, -0.1) is 0 Å². The fourth-order valence-corrected chi connectivity index (χ4v) is 3.45. The summed E-state index contributed by atoms with van der Waals surface area (Å²) >= 11 is 6.10. The fourth-order valence-electron chi connectivity index (χ4n) is 3.24. The molecule has 0 fully saturated rings. The molecular formula is C22H26ClN3O2. The number of hydrogen-bond donors (Lipinski definition) is 1.